The Hall–Kier alpha value is -2.25. The fourth-order valence-electron chi connectivity index (χ4n) is 4.80. The Kier molecular flexibility index (Phi) is 6.20. The van der Waals surface area contributed by atoms with Crippen molar-refractivity contribution in [1.29, 1.82) is 0 Å². The Morgan fingerprint density at radius 3 is 2.50 bits per heavy atom. The van der Waals surface area contributed by atoms with Crippen LogP contribution < -0.4 is 0 Å². The molecule has 30 heavy (non-hydrogen) atoms. The Morgan fingerprint density at radius 1 is 1.13 bits per heavy atom. The van der Waals surface area contributed by atoms with Crippen molar-refractivity contribution in [1.82, 2.24) is 24.8 Å². The number of amides is 1. The molecule has 4 rings (SSSR count). The predicted molar refractivity (Wildman–Crippen MR) is 116 cm³/mol. The molecule has 2 aliphatic heterocycles. The molecule has 7 heteroatoms. The lowest BCUT2D eigenvalue weighted by Crippen LogP contribution is -2.48. The van der Waals surface area contributed by atoms with Crippen LogP contribution in [0.2, 0.25) is 0 Å². The number of carbonyl (C=O) groups excluding carboxylic acids is 1. The summed E-state index contributed by atoms with van der Waals surface area (Å²) in [5.41, 5.74) is 3.35. The van der Waals surface area contributed by atoms with Gasteiger partial charge < -0.3 is 9.64 Å². The van der Waals surface area contributed by atoms with Gasteiger partial charge in [0.25, 0.3) is 5.91 Å². The van der Waals surface area contributed by atoms with Crippen LogP contribution in [0.25, 0.3) is 5.69 Å². The van der Waals surface area contributed by atoms with Gasteiger partial charge in [-0.25, -0.2) is 4.68 Å². The maximum Gasteiger partial charge on any atom is 0.276 e. The molecule has 7 nitrogen and oxygen atoms in total. The number of ether oxygens (including phenoxy) is 1. The summed E-state index contributed by atoms with van der Waals surface area (Å²) >= 11 is 0. The highest BCUT2D eigenvalue weighted by Crippen LogP contribution is 2.23. The Bertz CT molecular complexity index is 877. The number of aromatic nitrogens is 3. The summed E-state index contributed by atoms with van der Waals surface area (Å²) in [4.78, 5) is 17.6. The maximum absolute atomic E-state index is 13.1. The van der Waals surface area contributed by atoms with Crippen molar-refractivity contribution in [2.45, 2.75) is 52.7 Å². The highest BCUT2D eigenvalue weighted by molar-refractivity contribution is 5.93. The van der Waals surface area contributed by atoms with Crippen LogP contribution in [0.15, 0.2) is 24.3 Å². The first-order valence-electron chi connectivity index (χ1n) is 11.1. The number of likely N-dealkylation sites (tertiary alicyclic amines) is 1. The minimum atomic E-state index is -0.00142. The Balaban J connectivity index is 1.36. The van der Waals surface area contributed by atoms with Gasteiger partial charge in [0, 0.05) is 32.7 Å². The number of piperidine rings is 1. The summed E-state index contributed by atoms with van der Waals surface area (Å²) < 4.78 is 7.60. The first-order chi connectivity index (χ1) is 14.4. The van der Waals surface area contributed by atoms with Crippen LogP contribution in [0.4, 0.5) is 0 Å². The first kappa shape index (κ1) is 21.0. The molecule has 3 heterocycles. The number of nitrogens with zero attached hydrogens (tertiary/aromatic N) is 5. The van der Waals surface area contributed by atoms with Gasteiger partial charge in [0.2, 0.25) is 0 Å². The van der Waals surface area contributed by atoms with Crippen molar-refractivity contribution >= 4 is 5.91 Å². The number of carbonyl (C=O) groups is 1. The van der Waals surface area contributed by atoms with Gasteiger partial charge >= 0.3 is 0 Å². The summed E-state index contributed by atoms with van der Waals surface area (Å²) in [6, 6.07) is 8.08. The smallest absolute Gasteiger partial charge is 0.276 e. The van der Waals surface area contributed by atoms with E-state index in [0.29, 0.717) is 23.8 Å². The van der Waals surface area contributed by atoms with E-state index in [4.69, 9.17) is 4.74 Å². The molecular formula is C23H33N5O2. The fraction of sp³-hybridized carbons (Fsp3) is 0.609. The number of rotatable bonds is 4. The van der Waals surface area contributed by atoms with Crippen molar-refractivity contribution in [3.63, 3.8) is 0 Å². The van der Waals surface area contributed by atoms with Crippen LogP contribution in [0.1, 0.15) is 48.4 Å². The van der Waals surface area contributed by atoms with Gasteiger partial charge in [0.15, 0.2) is 5.69 Å². The maximum atomic E-state index is 13.1. The molecule has 0 radical (unpaired) electrons. The molecule has 0 aliphatic carbocycles. The number of hydrogen-bond acceptors (Lipinski definition) is 5. The summed E-state index contributed by atoms with van der Waals surface area (Å²) in [6.45, 7) is 12.9. The second-order valence-electron chi connectivity index (χ2n) is 8.99. The molecule has 2 atom stereocenters. The van der Waals surface area contributed by atoms with Gasteiger partial charge in [-0.15, -0.1) is 5.10 Å². The van der Waals surface area contributed by atoms with Gasteiger partial charge in [-0.2, -0.15) is 0 Å². The van der Waals surface area contributed by atoms with Crippen LogP contribution in [0, 0.1) is 19.8 Å². The zero-order chi connectivity index (χ0) is 21.3. The van der Waals surface area contributed by atoms with E-state index in [2.05, 4.69) is 35.1 Å². The average molecular weight is 412 g/mol. The molecule has 1 amide bonds. The van der Waals surface area contributed by atoms with E-state index in [9.17, 15) is 4.79 Å². The lowest BCUT2D eigenvalue weighted by molar-refractivity contribution is -0.0728. The standard InChI is InChI=1S/C23H33N5O2/c1-16-6-5-7-21(12-16)28-19(4)22(24-25-28)23(29)27-10-8-20(9-11-27)15-26-13-17(2)30-18(3)14-26/h5-7,12,17-18,20H,8-11,13-15H2,1-4H3. The number of morpholine rings is 1. The zero-order valence-corrected chi connectivity index (χ0v) is 18.5. The van der Waals surface area contributed by atoms with Crippen LogP contribution in [-0.4, -0.2) is 75.6 Å². The molecular weight excluding hydrogens is 378 g/mol. The van der Waals surface area contributed by atoms with E-state index < -0.39 is 0 Å². The lowest BCUT2D eigenvalue weighted by atomic mass is 9.95. The van der Waals surface area contributed by atoms with Crippen LogP contribution in [0.5, 0.6) is 0 Å². The van der Waals surface area contributed by atoms with Gasteiger partial charge in [0.1, 0.15) is 0 Å². The monoisotopic (exact) mass is 411 g/mol. The van der Waals surface area contributed by atoms with E-state index in [-0.39, 0.29) is 5.91 Å². The van der Waals surface area contributed by atoms with Gasteiger partial charge in [-0.3, -0.25) is 9.69 Å². The molecule has 162 valence electrons. The highest BCUT2D eigenvalue weighted by Gasteiger charge is 2.30. The molecule has 0 N–H and O–H groups in total. The van der Waals surface area contributed by atoms with Gasteiger partial charge in [0.05, 0.1) is 23.6 Å². The topological polar surface area (TPSA) is 63.5 Å². The Morgan fingerprint density at radius 2 is 1.83 bits per heavy atom. The van der Waals surface area contributed by atoms with Crippen LogP contribution >= 0.6 is 0 Å². The molecule has 0 spiro atoms. The molecule has 2 saturated heterocycles. The second-order valence-corrected chi connectivity index (χ2v) is 8.99. The SMILES string of the molecule is Cc1cccc(-n2nnc(C(=O)N3CCC(CN4CC(C)OC(C)C4)CC3)c2C)c1. The van der Waals surface area contributed by atoms with E-state index in [1.54, 1.807) is 4.68 Å². The molecule has 2 fully saturated rings. The van der Waals surface area contributed by atoms with Crippen molar-refractivity contribution < 1.29 is 9.53 Å². The molecule has 2 unspecified atom stereocenters. The Labute approximate surface area is 179 Å². The second kappa shape index (κ2) is 8.86. The summed E-state index contributed by atoms with van der Waals surface area (Å²) in [5, 5.41) is 8.48. The molecule has 1 aromatic carbocycles. The third kappa shape index (κ3) is 4.57. The molecule has 2 aromatic rings. The lowest BCUT2D eigenvalue weighted by Gasteiger charge is -2.39. The number of hydrogen-bond donors (Lipinski definition) is 0. The zero-order valence-electron chi connectivity index (χ0n) is 18.5. The van der Waals surface area contributed by atoms with E-state index in [1.807, 2.05) is 36.9 Å². The summed E-state index contributed by atoms with van der Waals surface area (Å²) in [6.07, 6.45) is 2.68. The first-order valence-corrected chi connectivity index (χ1v) is 11.1. The van der Waals surface area contributed by atoms with Gasteiger partial charge in [-0.1, -0.05) is 17.3 Å². The molecule has 0 bridgehead atoms. The van der Waals surface area contributed by atoms with Gasteiger partial charge in [-0.05, 0) is 64.2 Å². The predicted octanol–water partition coefficient (Wildman–Crippen LogP) is 2.85. The fourth-order valence-corrected chi connectivity index (χ4v) is 4.80. The minimum absolute atomic E-state index is 0.00142. The van der Waals surface area contributed by atoms with Crippen LogP contribution in [0.3, 0.4) is 0 Å². The third-order valence-corrected chi connectivity index (χ3v) is 6.26. The largest absolute Gasteiger partial charge is 0.373 e. The molecule has 2 aliphatic rings. The average Bonchev–Trinajstić information content (AvgIpc) is 3.08. The van der Waals surface area contributed by atoms with Crippen molar-refractivity contribution in [3.8, 4) is 5.69 Å². The molecule has 0 saturated carbocycles. The van der Waals surface area contributed by atoms with Crippen molar-refractivity contribution in [2.75, 3.05) is 32.7 Å². The van der Waals surface area contributed by atoms with E-state index >= 15 is 0 Å². The van der Waals surface area contributed by atoms with Crippen molar-refractivity contribution in [2.24, 2.45) is 5.92 Å². The van der Waals surface area contributed by atoms with E-state index in [1.165, 1.54) is 0 Å². The molecule has 1 aromatic heterocycles. The van der Waals surface area contributed by atoms with E-state index in [0.717, 1.165) is 62.5 Å². The summed E-state index contributed by atoms with van der Waals surface area (Å²) in [5.74, 6) is 0.633. The minimum Gasteiger partial charge on any atom is -0.373 e. The van der Waals surface area contributed by atoms with Crippen molar-refractivity contribution in [3.05, 3.63) is 41.2 Å². The third-order valence-electron chi connectivity index (χ3n) is 6.26. The van der Waals surface area contributed by atoms with Crippen LogP contribution in [-0.2, 0) is 4.74 Å². The highest BCUT2D eigenvalue weighted by atomic mass is 16.5. The normalized spacial score (nSPS) is 23.7. The summed E-state index contributed by atoms with van der Waals surface area (Å²) in [7, 11) is 0. The quantitative estimate of drug-likeness (QED) is 0.774. The number of benzene rings is 1. The number of aryl methyl sites for hydroxylation is 1.